The molecule has 0 N–H and O–H groups in total. The second kappa shape index (κ2) is 7.40. The number of hydrogen-bond acceptors (Lipinski definition) is 6. The molecule has 0 bridgehead atoms. The first-order valence-corrected chi connectivity index (χ1v) is 7.46. The monoisotopic (exact) mass is 346 g/mol. The molecule has 2 rings (SSSR count). The summed E-state index contributed by atoms with van der Waals surface area (Å²) in [6.07, 6.45) is -3.95. The molecule has 0 aliphatic rings. The van der Waals surface area contributed by atoms with Crippen molar-refractivity contribution in [3.63, 3.8) is 0 Å². The Morgan fingerprint density at radius 3 is 2.78 bits per heavy atom. The average Bonchev–Trinajstić information content (AvgIpc) is 2.90. The van der Waals surface area contributed by atoms with Crippen molar-refractivity contribution in [3.05, 3.63) is 40.0 Å². The summed E-state index contributed by atoms with van der Waals surface area (Å²) >= 11 is 1.46. The molecule has 0 aliphatic carbocycles. The van der Waals surface area contributed by atoms with Crippen LogP contribution in [0.25, 0.3) is 0 Å². The van der Waals surface area contributed by atoms with Crippen molar-refractivity contribution in [2.24, 2.45) is 0 Å². The van der Waals surface area contributed by atoms with Gasteiger partial charge in [0.2, 0.25) is 5.88 Å². The molecule has 23 heavy (non-hydrogen) atoms. The maximum absolute atomic E-state index is 12.1. The van der Waals surface area contributed by atoms with Crippen molar-refractivity contribution in [1.29, 1.82) is 0 Å². The fraction of sp³-hybridized carbons (Fsp3) is 0.357. The highest BCUT2D eigenvalue weighted by Gasteiger charge is 2.28. The van der Waals surface area contributed by atoms with Crippen molar-refractivity contribution in [2.45, 2.75) is 19.5 Å². The van der Waals surface area contributed by atoms with Gasteiger partial charge in [-0.1, -0.05) is 6.07 Å². The first-order valence-electron chi connectivity index (χ1n) is 6.58. The van der Waals surface area contributed by atoms with Gasteiger partial charge in [-0.3, -0.25) is 0 Å². The minimum atomic E-state index is -4.47. The van der Waals surface area contributed by atoms with E-state index < -0.39 is 18.8 Å². The van der Waals surface area contributed by atoms with E-state index in [0.717, 1.165) is 10.6 Å². The van der Waals surface area contributed by atoms with Crippen LogP contribution in [0.3, 0.4) is 0 Å². The van der Waals surface area contributed by atoms with E-state index in [1.165, 1.54) is 29.5 Å². The number of hydrogen-bond donors (Lipinski definition) is 0. The van der Waals surface area contributed by atoms with Crippen molar-refractivity contribution >= 4 is 17.3 Å². The zero-order chi connectivity index (χ0) is 16.9. The summed E-state index contributed by atoms with van der Waals surface area (Å²) in [4.78, 5) is 20.6. The number of aryl methyl sites for hydroxylation is 1. The van der Waals surface area contributed by atoms with Crippen molar-refractivity contribution in [2.75, 3.05) is 13.2 Å². The lowest BCUT2D eigenvalue weighted by atomic mass is 10.3. The highest BCUT2D eigenvalue weighted by atomic mass is 32.1. The van der Waals surface area contributed by atoms with Crippen LogP contribution in [0, 0.1) is 6.92 Å². The SMILES string of the molecule is Cc1ncsc1CCOC(=O)c1cccc(OCC(F)(F)F)n1. The van der Waals surface area contributed by atoms with Crippen molar-refractivity contribution < 1.29 is 27.4 Å². The van der Waals surface area contributed by atoms with Gasteiger partial charge >= 0.3 is 12.1 Å². The van der Waals surface area contributed by atoms with Gasteiger partial charge in [-0.15, -0.1) is 11.3 Å². The molecule has 0 atom stereocenters. The molecular formula is C14H13F3N2O3S. The smallest absolute Gasteiger partial charge is 0.422 e. The number of esters is 1. The Morgan fingerprint density at radius 1 is 1.35 bits per heavy atom. The van der Waals surface area contributed by atoms with Crippen LogP contribution in [-0.4, -0.2) is 35.3 Å². The molecule has 2 aromatic heterocycles. The molecule has 0 amide bonds. The maximum Gasteiger partial charge on any atom is 0.422 e. The van der Waals surface area contributed by atoms with Gasteiger partial charge in [0.25, 0.3) is 0 Å². The molecule has 0 aliphatic heterocycles. The van der Waals surface area contributed by atoms with Crippen LogP contribution in [0.4, 0.5) is 13.2 Å². The Bertz CT molecular complexity index is 673. The minimum absolute atomic E-state index is 0.106. The summed E-state index contributed by atoms with van der Waals surface area (Å²) in [6, 6.07) is 3.96. The number of ether oxygens (including phenoxy) is 2. The Balaban J connectivity index is 1.88. The third-order valence-corrected chi connectivity index (χ3v) is 3.72. The summed E-state index contributed by atoms with van der Waals surface area (Å²) in [6.45, 7) is 0.525. The normalized spacial score (nSPS) is 11.3. The number of carbonyl (C=O) groups excluding carboxylic acids is 1. The fourth-order valence-electron chi connectivity index (χ4n) is 1.64. The van der Waals surface area contributed by atoms with Gasteiger partial charge in [0.15, 0.2) is 12.3 Å². The standard InChI is InChI=1S/C14H13F3N2O3S/c1-9-11(23-8-18-9)5-6-21-13(20)10-3-2-4-12(19-10)22-7-14(15,16)17/h2-4,8H,5-7H2,1H3. The van der Waals surface area contributed by atoms with E-state index in [2.05, 4.69) is 14.7 Å². The lowest BCUT2D eigenvalue weighted by molar-refractivity contribution is -0.154. The second-order valence-corrected chi connectivity index (χ2v) is 5.45. The number of alkyl halides is 3. The molecule has 124 valence electrons. The van der Waals surface area contributed by atoms with Gasteiger partial charge in [-0.25, -0.2) is 14.8 Å². The number of thiazole rings is 1. The Hall–Kier alpha value is -2.16. The van der Waals surface area contributed by atoms with Gasteiger partial charge in [0, 0.05) is 17.4 Å². The molecule has 2 aromatic rings. The van der Waals surface area contributed by atoms with Crippen LogP contribution in [0.2, 0.25) is 0 Å². The first-order chi connectivity index (χ1) is 10.8. The Labute approximate surface area is 134 Å². The molecule has 0 fully saturated rings. The number of rotatable bonds is 6. The van der Waals surface area contributed by atoms with E-state index in [1.54, 1.807) is 5.51 Å². The molecule has 0 spiro atoms. The van der Waals surface area contributed by atoms with Crippen LogP contribution in [-0.2, 0) is 11.2 Å². The number of nitrogens with zero attached hydrogens (tertiary/aromatic N) is 2. The number of aromatic nitrogens is 2. The van der Waals surface area contributed by atoms with Crippen LogP contribution in [0.1, 0.15) is 21.1 Å². The fourth-order valence-corrected chi connectivity index (χ4v) is 2.40. The van der Waals surface area contributed by atoms with Gasteiger partial charge in [-0.2, -0.15) is 13.2 Å². The molecule has 0 aromatic carbocycles. The zero-order valence-electron chi connectivity index (χ0n) is 12.1. The molecule has 0 unspecified atom stereocenters. The molecular weight excluding hydrogens is 333 g/mol. The summed E-state index contributed by atoms with van der Waals surface area (Å²) in [5.74, 6) is -1.00. The highest BCUT2D eigenvalue weighted by Crippen LogP contribution is 2.17. The maximum atomic E-state index is 12.1. The largest absolute Gasteiger partial charge is 0.468 e. The molecule has 0 radical (unpaired) electrons. The summed E-state index contributed by atoms with van der Waals surface area (Å²) in [5, 5.41) is 0. The van der Waals surface area contributed by atoms with E-state index in [0.29, 0.717) is 6.42 Å². The molecule has 9 heteroatoms. The second-order valence-electron chi connectivity index (χ2n) is 4.51. The number of halogens is 3. The van der Waals surface area contributed by atoms with Gasteiger partial charge < -0.3 is 9.47 Å². The quantitative estimate of drug-likeness (QED) is 0.752. The lowest BCUT2D eigenvalue weighted by Crippen LogP contribution is -2.20. The molecule has 2 heterocycles. The van der Waals surface area contributed by atoms with Crippen molar-refractivity contribution in [1.82, 2.24) is 9.97 Å². The van der Waals surface area contributed by atoms with Gasteiger partial charge in [0.05, 0.1) is 17.8 Å². The predicted octanol–water partition coefficient (Wildman–Crippen LogP) is 3.19. The number of pyridine rings is 1. The molecule has 0 saturated carbocycles. The van der Waals surface area contributed by atoms with Crippen LogP contribution in [0.5, 0.6) is 5.88 Å². The Kier molecular flexibility index (Phi) is 5.54. The average molecular weight is 346 g/mol. The topological polar surface area (TPSA) is 61.3 Å². The highest BCUT2D eigenvalue weighted by molar-refractivity contribution is 7.09. The van der Waals surface area contributed by atoms with Crippen LogP contribution >= 0.6 is 11.3 Å². The molecule has 5 nitrogen and oxygen atoms in total. The molecule has 0 saturated heterocycles. The lowest BCUT2D eigenvalue weighted by Gasteiger charge is -2.09. The number of carbonyl (C=O) groups is 1. The zero-order valence-corrected chi connectivity index (χ0v) is 12.9. The third-order valence-electron chi connectivity index (χ3n) is 2.72. The van der Waals surface area contributed by atoms with Crippen molar-refractivity contribution in [3.8, 4) is 5.88 Å². The van der Waals surface area contributed by atoms with E-state index >= 15 is 0 Å². The minimum Gasteiger partial charge on any atom is -0.468 e. The predicted molar refractivity (Wildman–Crippen MR) is 76.6 cm³/mol. The van der Waals surface area contributed by atoms with Gasteiger partial charge in [-0.05, 0) is 13.0 Å². The van der Waals surface area contributed by atoms with Crippen LogP contribution in [0.15, 0.2) is 23.7 Å². The summed E-state index contributed by atoms with van der Waals surface area (Å²) in [7, 11) is 0. The Morgan fingerprint density at radius 2 is 2.13 bits per heavy atom. The van der Waals surface area contributed by atoms with E-state index in [9.17, 15) is 18.0 Å². The van der Waals surface area contributed by atoms with Crippen LogP contribution < -0.4 is 4.74 Å². The van der Waals surface area contributed by atoms with E-state index in [1.807, 2.05) is 6.92 Å². The van der Waals surface area contributed by atoms with E-state index in [-0.39, 0.29) is 18.2 Å². The first kappa shape index (κ1) is 17.2. The van der Waals surface area contributed by atoms with Gasteiger partial charge in [0.1, 0.15) is 0 Å². The third kappa shape index (κ3) is 5.51. The van der Waals surface area contributed by atoms with E-state index in [4.69, 9.17) is 4.74 Å². The summed E-state index contributed by atoms with van der Waals surface area (Å²) < 4.78 is 45.8. The summed E-state index contributed by atoms with van der Waals surface area (Å²) in [5.41, 5.74) is 2.48.